The van der Waals surface area contributed by atoms with Crippen molar-refractivity contribution in [2.75, 3.05) is 52.9 Å². The summed E-state index contributed by atoms with van der Waals surface area (Å²) in [5.74, 6) is 0. The first-order chi connectivity index (χ1) is 67.5. The number of aliphatic hydroxyl groups is 5. The number of carbonyl (C=O) groups excluding carboxylic acids is 6. The highest BCUT2D eigenvalue weighted by atomic mass is 32.2. The lowest BCUT2D eigenvalue weighted by Gasteiger charge is -2.23. The number of benzene rings is 1. The smallest absolute Gasteiger partial charge is 0.431 e. The van der Waals surface area contributed by atoms with E-state index in [2.05, 4.69) is 9.97 Å². The topological polar surface area (TPSA) is 646 Å². The van der Waals surface area contributed by atoms with Crippen molar-refractivity contribution in [3.8, 4) is 0 Å². The van der Waals surface area contributed by atoms with Crippen molar-refractivity contribution in [2.45, 2.75) is 349 Å². The molecule has 10 heterocycles. The number of H-pyrrole nitrogens is 2. The minimum Gasteiger partial charge on any atom is -0.431 e. The predicted molar refractivity (Wildman–Crippen MR) is 507 cm³/mol. The molecule has 10 unspecified atom stereocenters. The Bertz CT molecular complexity index is 6290. The number of nitrogens with zero attached hydrogens (tertiary/aromatic N) is 8. The number of alkyl halides is 1. The highest BCUT2D eigenvalue weighted by molar-refractivity contribution is 7.86. The van der Waals surface area contributed by atoms with Crippen molar-refractivity contribution in [2.24, 2.45) is 0 Å². The largest absolute Gasteiger partial charge is 0.509 e. The first kappa shape index (κ1) is 121. The molecule has 5 saturated heterocycles. The molecule has 816 valence electrons. The van der Waals surface area contributed by atoms with Crippen LogP contribution in [0.4, 0.5) is 33.2 Å². The van der Waals surface area contributed by atoms with Crippen molar-refractivity contribution < 1.29 is 152 Å². The fourth-order valence-corrected chi connectivity index (χ4v) is 15.2. The van der Waals surface area contributed by atoms with Gasteiger partial charge in [0.1, 0.15) is 140 Å². The van der Waals surface area contributed by atoms with E-state index in [1.54, 1.807) is 151 Å². The first-order valence-corrected chi connectivity index (χ1v) is 47.8. The molecule has 0 aliphatic carbocycles. The molecule has 0 amide bonds. The second-order valence-electron chi connectivity index (χ2n) is 40.3. The van der Waals surface area contributed by atoms with E-state index < -0.39 is 249 Å². The second kappa shape index (κ2) is 50.9. The molecule has 5 aromatic heterocycles. The van der Waals surface area contributed by atoms with Crippen LogP contribution in [0, 0.1) is 41.5 Å². The minimum absolute atomic E-state index is 0.0261. The van der Waals surface area contributed by atoms with E-state index in [0.29, 0.717) is 11.1 Å². The Kier molecular flexibility index (Phi) is 42.0. The zero-order valence-electron chi connectivity index (χ0n) is 86.0. The van der Waals surface area contributed by atoms with E-state index in [1.807, 2.05) is 6.92 Å². The molecular weight excluding hydrogens is 1960 g/mol. The molecule has 7 N–H and O–H groups in total. The lowest BCUT2D eigenvalue weighted by Crippen LogP contribution is -2.43. The molecular formula is C93H135FN10O41S. The van der Waals surface area contributed by atoms with E-state index in [0.717, 1.165) is 28.4 Å². The Hall–Kier alpha value is -12.3. The molecule has 15 atom stereocenters. The van der Waals surface area contributed by atoms with Gasteiger partial charge in [-0.3, -0.25) is 74.7 Å². The molecule has 6 aromatic rings. The van der Waals surface area contributed by atoms with E-state index in [-0.39, 0.29) is 106 Å². The molecule has 146 heavy (non-hydrogen) atoms. The third-order valence-corrected chi connectivity index (χ3v) is 22.3. The molecule has 0 radical (unpaired) electrons. The molecule has 5 aliphatic heterocycles. The molecule has 11 rings (SSSR count). The fourth-order valence-electron chi connectivity index (χ4n) is 14.3. The summed E-state index contributed by atoms with van der Waals surface area (Å²) in [5.41, 5.74) is -8.62. The Morgan fingerprint density at radius 2 is 0.644 bits per heavy atom. The molecule has 0 bridgehead atoms. The van der Waals surface area contributed by atoms with Crippen molar-refractivity contribution in [3.63, 3.8) is 0 Å². The molecule has 1 aromatic carbocycles. The Labute approximate surface area is 836 Å². The van der Waals surface area contributed by atoms with Gasteiger partial charge >= 0.3 is 65.4 Å². The average molecular weight is 2100 g/mol. The molecule has 53 heteroatoms. The highest BCUT2D eigenvalue weighted by Crippen LogP contribution is 2.36. The van der Waals surface area contributed by atoms with Gasteiger partial charge in [0.15, 0.2) is 0 Å². The van der Waals surface area contributed by atoms with Crippen LogP contribution in [0.15, 0.2) is 108 Å². The normalized spacial score (nSPS) is 22.0. The van der Waals surface area contributed by atoms with Crippen molar-refractivity contribution in [1.29, 1.82) is 0 Å². The molecule has 51 nitrogen and oxygen atoms in total. The summed E-state index contributed by atoms with van der Waals surface area (Å²) in [4.78, 5) is 199. The summed E-state index contributed by atoms with van der Waals surface area (Å²) in [6.45, 7) is 35.4. The van der Waals surface area contributed by atoms with E-state index in [4.69, 9.17) is 94.9 Å². The number of aryl methyl sites for hydroxylation is 6. The van der Waals surface area contributed by atoms with Gasteiger partial charge in [0.25, 0.3) is 37.9 Å². The van der Waals surface area contributed by atoms with E-state index in [9.17, 15) is 105 Å². The fraction of sp³-hybridized carbons (Fsp3) is 0.656. The number of aromatic nitrogens is 10. The summed E-state index contributed by atoms with van der Waals surface area (Å²) in [7, 11) is -4.13. The summed E-state index contributed by atoms with van der Waals surface area (Å²) in [5, 5.41) is 46.4. The van der Waals surface area contributed by atoms with Crippen LogP contribution in [0.3, 0.4) is 0 Å². The minimum atomic E-state index is -4.13. The standard InChI is InChI=1S/C29H40N2O12S.C22H34N2O10.C20H30N2O9.C12H17FN2O5.C10H14N2O5/c1-18-9-11-20(12-10-18)44(36,37)39-14-13-30-24(32)19(2)16-31(25(30)33)23-15-21(41-27(35)43-29(6,7)8)22(40-23)17-38-26(34)42-28(3,4)5;1-13-11-24(18(27)23(8-9-25)17(13)26)16-10-14(32-20(29)34-22(5,6)7)15(31-16)12-30-19(28)33-21(2,3)4;1-11-9-22(16(24)21-15(11)23)14-8-12(29-18(26)31-20(5,6)7)13(28-14)10-27-17(25)30-19(2,3)4;1-7-5-15(10-4-8(17)9(6-16)20-10)12(19)14(3-2-13)11(7)18;1-5-3-12(10(16)11-9(5)15)8-2-6(14)7(4-13)17-8/h9-12,16,21-23H,13-15,17H2,1-8H3;11,14-16,25H,8-10,12H2,1-7H3;9,12-14H,8,10H2,1-7H3,(H,21,23,24);5,8-10,16-17H,2-4,6H2,1H3;3,6-8,13-14H,2,4H2,1H3,(H,11,15,16)/t21-,22?,23?;14-,15?,16?;12-,13?,14?;8-,9?,10?;6-,7?,8?/m00000/s1. The van der Waals surface area contributed by atoms with Crippen LogP contribution in [0.2, 0.25) is 0 Å². The van der Waals surface area contributed by atoms with Crippen LogP contribution in [0.5, 0.6) is 0 Å². The maximum absolute atomic E-state index is 13.4. The maximum atomic E-state index is 13.4. The molecule has 0 spiro atoms. The van der Waals surface area contributed by atoms with Crippen LogP contribution in [-0.2, 0) is 114 Å². The Balaban J connectivity index is 0.000000256. The number of halogens is 1. The summed E-state index contributed by atoms with van der Waals surface area (Å²) < 4.78 is 142. The Morgan fingerprint density at radius 1 is 0.377 bits per heavy atom. The molecule has 5 fully saturated rings. The number of rotatable bonds is 25. The number of carbonyl (C=O) groups is 6. The average Bonchev–Trinajstić information content (AvgIpc) is 1.47. The first-order valence-electron chi connectivity index (χ1n) is 46.4. The zero-order chi connectivity index (χ0) is 110. The van der Waals surface area contributed by atoms with Gasteiger partial charge in [-0.2, -0.15) is 8.42 Å². The lowest BCUT2D eigenvalue weighted by atomic mass is 10.2. The van der Waals surface area contributed by atoms with Gasteiger partial charge in [-0.15, -0.1) is 0 Å². The van der Waals surface area contributed by atoms with Crippen LogP contribution in [-0.4, -0.2) is 265 Å². The van der Waals surface area contributed by atoms with Gasteiger partial charge in [0.2, 0.25) is 0 Å². The quantitative estimate of drug-likeness (QED) is 0.0218. The number of ether oxygens (including phenoxy) is 17. The summed E-state index contributed by atoms with van der Waals surface area (Å²) in [6, 6.07) is 6.03. The number of hydrogen-bond donors (Lipinski definition) is 7. The van der Waals surface area contributed by atoms with Crippen LogP contribution in [0.1, 0.15) is 221 Å². The number of aromatic amines is 2. The molecule has 5 aliphatic rings. The zero-order valence-corrected chi connectivity index (χ0v) is 86.8. The van der Waals surface area contributed by atoms with Gasteiger partial charge in [-0.25, -0.2) is 57.1 Å². The highest BCUT2D eigenvalue weighted by Gasteiger charge is 2.47. The second-order valence-corrected chi connectivity index (χ2v) is 42.0. The van der Waals surface area contributed by atoms with Crippen LogP contribution < -0.4 is 56.2 Å². The predicted octanol–water partition coefficient (Wildman–Crippen LogP) is 5.28. The van der Waals surface area contributed by atoms with Crippen LogP contribution in [0.25, 0.3) is 0 Å². The van der Waals surface area contributed by atoms with Gasteiger partial charge < -0.3 is 106 Å². The number of aliphatic hydroxyl groups excluding tert-OH is 5. The Morgan fingerprint density at radius 3 is 0.932 bits per heavy atom. The van der Waals surface area contributed by atoms with Crippen LogP contribution >= 0.6 is 0 Å². The number of hydrogen-bond acceptors (Lipinski definition) is 41. The van der Waals surface area contributed by atoms with E-state index >= 15 is 0 Å². The SMILES string of the molecule is Cc1ccc(S(=O)(=O)OCCn2c(=O)c(C)cn(C3C[C@H](OC(=O)OC(C)(C)C)C(COC(=O)OC(C)(C)C)O3)c2=O)cc1.Cc1cn(C2C[C@H](O)C(CO)O2)c(=O)[nH]c1=O.Cc1cn(C2C[C@H](O)C(CO)O2)c(=O)n(CCF)c1=O.Cc1cn(C2C[C@H](OC(=O)OC(C)(C)C)C(COC(=O)OC(C)(C)C)O2)c(=O)[nH]c1=O.Cc1cn(C2C[C@H](OC(=O)OC(C)(C)C)C(COC(=O)OC(C)(C)C)O2)c(=O)n(CCO)c1=O. The third-order valence-electron chi connectivity index (χ3n) is 20.9. The maximum Gasteiger partial charge on any atom is 0.509 e. The lowest BCUT2D eigenvalue weighted by molar-refractivity contribution is -0.0831. The van der Waals surface area contributed by atoms with E-state index in [1.165, 1.54) is 77.6 Å². The van der Waals surface area contributed by atoms with Gasteiger partial charge in [0, 0.05) is 90.9 Å². The van der Waals surface area contributed by atoms with Gasteiger partial charge in [0.05, 0.1) is 63.2 Å². The van der Waals surface area contributed by atoms with Gasteiger partial charge in [-0.05, 0) is 178 Å². The monoisotopic (exact) mass is 2100 g/mol. The van der Waals surface area contributed by atoms with Crippen molar-refractivity contribution >= 4 is 47.1 Å². The van der Waals surface area contributed by atoms with Crippen molar-refractivity contribution in [3.05, 3.63) is 193 Å². The third kappa shape index (κ3) is 36.1. The summed E-state index contributed by atoms with van der Waals surface area (Å²) in [6.07, 6.45) is -11.7. The van der Waals surface area contributed by atoms with Gasteiger partial charge in [-0.1, -0.05) is 17.7 Å². The molecule has 0 saturated carbocycles. The summed E-state index contributed by atoms with van der Waals surface area (Å²) >= 11 is 0. The number of nitrogens with one attached hydrogen (secondary N) is 2. The van der Waals surface area contributed by atoms with Crippen molar-refractivity contribution in [1.82, 2.24) is 46.5 Å².